The van der Waals surface area contributed by atoms with E-state index in [4.69, 9.17) is 20.2 Å². The number of imidazole rings is 1. The third kappa shape index (κ3) is 5.10. The molecule has 3 fully saturated rings. The lowest BCUT2D eigenvalue weighted by Gasteiger charge is -2.34. The minimum atomic E-state index is -0.595. The van der Waals surface area contributed by atoms with E-state index < -0.39 is 5.95 Å². The first kappa shape index (κ1) is 27.1. The number of nitrogens with zero attached hydrogens (tertiary/aromatic N) is 5. The maximum absolute atomic E-state index is 15.4. The van der Waals surface area contributed by atoms with Crippen LogP contribution in [-0.4, -0.2) is 61.4 Å². The highest BCUT2D eigenvalue weighted by Gasteiger charge is 2.39. The first-order valence-corrected chi connectivity index (χ1v) is 14.7. The van der Waals surface area contributed by atoms with Gasteiger partial charge in [-0.1, -0.05) is 0 Å². The highest BCUT2D eigenvalue weighted by Crippen LogP contribution is 2.41. The average Bonchev–Trinajstić information content (AvgIpc) is 3.61. The van der Waals surface area contributed by atoms with Crippen LogP contribution in [0.3, 0.4) is 0 Å². The Hall–Kier alpha value is -4.74. The number of aromatic nitrogens is 4. The zero-order valence-electron chi connectivity index (χ0n) is 23.8. The molecule has 12 heteroatoms. The molecule has 2 amide bonds. The van der Waals surface area contributed by atoms with Gasteiger partial charge in [0.15, 0.2) is 0 Å². The lowest BCUT2D eigenvalue weighted by molar-refractivity contribution is -0.130. The Morgan fingerprint density at radius 1 is 1.14 bits per heavy atom. The van der Waals surface area contributed by atoms with Crippen LogP contribution in [-0.2, 0) is 4.79 Å². The number of anilines is 2. The lowest BCUT2D eigenvalue weighted by Crippen LogP contribution is -2.41. The fraction of sp³-hybridized carbons (Fsp3) is 0.387. The van der Waals surface area contributed by atoms with Crippen molar-refractivity contribution in [3.8, 4) is 22.8 Å². The zero-order chi connectivity index (χ0) is 29.7. The molecular weight excluding hydrogens is 553 g/mol. The van der Waals surface area contributed by atoms with Crippen LogP contribution in [0.5, 0.6) is 11.5 Å². The Kier molecular flexibility index (Phi) is 6.83. The van der Waals surface area contributed by atoms with Crippen molar-refractivity contribution in [1.29, 1.82) is 0 Å². The van der Waals surface area contributed by atoms with Gasteiger partial charge in [-0.2, -0.15) is 4.39 Å². The van der Waals surface area contributed by atoms with Gasteiger partial charge in [0.2, 0.25) is 11.9 Å². The molecule has 4 aromatic rings. The molecule has 0 spiro atoms. The molecule has 0 unspecified atom stereocenters. The third-order valence-corrected chi connectivity index (χ3v) is 8.35. The van der Waals surface area contributed by atoms with Crippen LogP contribution in [0, 0.1) is 5.95 Å². The van der Waals surface area contributed by atoms with Crippen molar-refractivity contribution in [1.82, 2.24) is 24.3 Å². The number of piperidine rings is 1. The fourth-order valence-electron chi connectivity index (χ4n) is 6.12. The van der Waals surface area contributed by atoms with E-state index in [1.54, 1.807) is 36.5 Å². The molecule has 3 aromatic heterocycles. The Bertz CT molecular complexity index is 1740. The largest absolute Gasteiger partial charge is 0.493 e. The normalized spacial score (nSPS) is 19.9. The predicted octanol–water partition coefficient (Wildman–Crippen LogP) is 4.57. The molecule has 11 nitrogen and oxygen atoms in total. The second kappa shape index (κ2) is 10.8. The Morgan fingerprint density at radius 2 is 2.00 bits per heavy atom. The molecule has 7 rings (SSSR count). The van der Waals surface area contributed by atoms with Gasteiger partial charge in [0.05, 0.1) is 18.9 Å². The van der Waals surface area contributed by atoms with Crippen LogP contribution < -0.4 is 20.5 Å². The van der Waals surface area contributed by atoms with Crippen molar-refractivity contribution < 1.29 is 23.5 Å². The second-order valence-corrected chi connectivity index (χ2v) is 11.3. The highest BCUT2D eigenvalue weighted by molar-refractivity contribution is 6.05. The predicted molar refractivity (Wildman–Crippen MR) is 157 cm³/mol. The first-order valence-electron chi connectivity index (χ1n) is 14.7. The molecule has 1 aliphatic carbocycles. The molecule has 2 saturated heterocycles. The van der Waals surface area contributed by atoms with Crippen LogP contribution in [0.15, 0.2) is 42.7 Å². The van der Waals surface area contributed by atoms with Gasteiger partial charge in [-0.3, -0.25) is 14.0 Å². The third-order valence-electron chi connectivity index (χ3n) is 8.35. The molecule has 2 atom stereocenters. The number of hydrogen-bond donors (Lipinski definition) is 2. The number of benzene rings is 1. The number of halogens is 1. The van der Waals surface area contributed by atoms with Crippen molar-refractivity contribution in [3.05, 3.63) is 60.1 Å². The monoisotopic (exact) mass is 585 g/mol. The Morgan fingerprint density at radius 3 is 2.81 bits per heavy atom. The van der Waals surface area contributed by atoms with E-state index in [-0.39, 0.29) is 35.7 Å². The molecule has 5 heterocycles. The number of nitrogens with one attached hydrogen (secondary N) is 1. The van der Waals surface area contributed by atoms with Gasteiger partial charge in [-0.05, 0) is 63.3 Å². The zero-order valence-corrected chi connectivity index (χ0v) is 23.8. The second-order valence-electron chi connectivity index (χ2n) is 11.3. The Labute approximate surface area is 247 Å². The molecule has 1 saturated carbocycles. The molecule has 43 heavy (non-hydrogen) atoms. The molecule has 3 N–H and O–H groups in total. The van der Waals surface area contributed by atoms with Gasteiger partial charge < -0.3 is 25.4 Å². The summed E-state index contributed by atoms with van der Waals surface area (Å²) >= 11 is 0. The van der Waals surface area contributed by atoms with Crippen molar-refractivity contribution in [2.24, 2.45) is 0 Å². The first-order chi connectivity index (χ1) is 20.9. The number of nitrogen functional groups attached to an aromatic ring is 1. The summed E-state index contributed by atoms with van der Waals surface area (Å²) in [6.07, 6.45) is 7.96. The molecule has 2 aliphatic heterocycles. The lowest BCUT2D eigenvalue weighted by atomic mass is 9.92. The fourth-order valence-corrected chi connectivity index (χ4v) is 6.12. The van der Waals surface area contributed by atoms with E-state index in [0.717, 1.165) is 38.3 Å². The summed E-state index contributed by atoms with van der Waals surface area (Å²) in [4.78, 5) is 40.9. The van der Waals surface area contributed by atoms with E-state index >= 15 is 4.39 Å². The van der Waals surface area contributed by atoms with Crippen molar-refractivity contribution in [3.63, 3.8) is 0 Å². The van der Waals surface area contributed by atoms with Gasteiger partial charge in [-0.15, -0.1) is 0 Å². The van der Waals surface area contributed by atoms with Crippen LogP contribution in [0.2, 0.25) is 0 Å². The van der Waals surface area contributed by atoms with Gasteiger partial charge in [0, 0.05) is 48.3 Å². The number of carbonyl (C=O) groups is 2. The molecule has 222 valence electrons. The molecule has 0 bridgehead atoms. The molecule has 0 radical (unpaired) electrons. The van der Waals surface area contributed by atoms with Crippen molar-refractivity contribution in [2.45, 2.75) is 63.5 Å². The van der Waals surface area contributed by atoms with E-state index in [9.17, 15) is 9.59 Å². The minimum Gasteiger partial charge on any atom is -0.493 e. The topological polar surface area (TPSA) is 137 Å². The van der Waals surface area contributed by atoms with Gasteiger partial charge >= 0.3 is 0 Å². The van der Waals surface area contributed by atoms with Crippen molar-refractivity contribution in [2.75, 3.05) is 24.2 Å². The Balaban J connectivity index is 1.24. The number of pyridine rings is 1. The highest BCUT2D eigenvalue weighted by atomic mass is 19.1. The van der Waals surface area contributed by atoms with Crippen molar-refractivity contribution >= 4 is 29.0 Å². The van der Waals surface area contributed by atoms with E-state index in [0.29, 0.717) is 65.1 Å². The van der Waals surface area contributed by atoms with Gasteiger partial charge in [0.1, 0.15) is 40.2 Å². The summed E-state index contributed by atoms with van der Waals surface area (Å²) in [6, 6.07) is 8.69. The molecule has 3 aliphatic rings. The van der Waals surface area contributed by atoms with Crippen LogP contribution in [0.25, 0.3) is 16.8 Å². The van der Waals surface area contributed by atoms with Crippen LogP contribution in [0.4, 0.5) is 16.0 Å². The van der Waals surface area contributed by atoms with E-state index in [1.165, 1.54) is 4.40 Å². The number of hydrogen-bond acceptors (Lipinski definition) is 8. The maximum Gasteiger partial charge on any atom is 0.256 e. The average molecular weight is 586 g/mol. The SMILES string of the molecule is CCOc1cc(C(=O)Nc2cc(OC3CC3)ccn2)ccc1-c1nc([C@@H]2CC[C@H]3CCC(=O)N3C2)n2c(F)cnc(N)c12. The van der Waals surface area contributed by atoms with E-state index in [1.807, 2.05) is 11.8 Å². The van der Waals surface area contributed by atoms with Crippen LogP contribution in [0.1, 0.15) is 67.5 Å². The summed E-state index contributed by atoms with van der Waals surface area (Å²) in [5.74, 6) is 0.995. The molecule has 1 aromatic carbocycles. The van der Waals surface area contributed by atoms with Crippen LogP contribution >= 0.6 is 0 Å². The maximum atomic E-state index is 15.4. The number of carbonyl (C=O) groups excluding carboxylic acids is 2. The quantitative estimate of drug-likeness (QED) is 0.307. The number of fused-ring (bicyclic) bond motifs is 2. The summed E-state index contributed by atoms with van der Waals surface area (Å²) in [5, 5.41) is 2.82. The van der Waals surface area contributed by atoms with Gasteiger partial charge in [-0.25, -0.2) is 15.0 Å². The number of nitrogens with two attached hydrogens (primary N) is 1. The summed E-state index contributed by atoms with van der Waals surface area (Å²) in [5.41, 5.74) is 7.93. The number of rotatable bonds is 8. The molecular formula is C31H32FN7O4. The summed E-state index contributed by atoms with van der Waals surface area (Å²) < 4.78 is 28.6. The summed E-state index contributed by atoms with van der Waals surface area (Å²) in [6.45, 7) is 2.63. The van der Waals surface area contributed by atoms with Gasteiger partial charge in [0.25, 0.3) is 5.91 Å². The smallest absolute Gasteiger partial charge is 0.256 e. The number of amides is 2. The standard InChI is InChI=1S/C31H32FN7O4/c1-2-42-23-13-17(31(41)36-25-14-21(11-12-34-25)43-20-7-8-20)4-9-22(23)27-28-29(33)35-15-24(32)39(28)30(37-27)18-3-5-19-6-10-26(40)38(19)16-18/h4,9,11-15,18-20H,2-3,5-8,10,16H2,1H3,(H2,33,35)(H,34,36,41)/t18-,19+/m1/s1. The minimum absolute atomic E-state index is 0.115. The number of ether oxygens (including phenoxy) is 2. The summed E-state index contributed by atoms with van der Waals surface area (Å²) in [7, 11) is 0. The van der Waals surface area contributed by atoms with E-state index in [2.05, 4.69) is 15.3 Å².